The molecule has 188 valence electrons. The van der Waals surface area contributed by atoms with Crippen molar-refractivity contribution in [3.63, 3.8) is 0 Å². The summed E-state index contributed by atoms with van der Waals surface area (Å²) in [6.07, 6.45) is 1.01. The zero-order valence-electron chi connectivity index (χ0n) is 22.3. The van der Waals surface area contributed by atoms with Gasteiger partial charge in [-0.3, -0.25) is 0 Å². The molecule has 0 spiro atoms. The second-order valence-electron chi connectivity index (χ2n) is 8.72. The van der Waals surface area contributed by atoms with E-state index in [0.717, 1.165) is 37.2 Å². The number of hydrogen-bond acceptors (Lipinski definition) is 5. The third kappa shape index (κ3) is 11.4. The molecular formula is C23H54O5Si3. The average Bonchev–Trinajstić information content (AvgIpc) is 2.78. The molecule has 1 atom stereocenters. The lowest BCUT2D eigenvalue weighted by atomic mass is 10.4. The Morgan fingerprint density at radius 2 is 1.10 bits per heavy atom. The van der Waals surface area contributed by atoms with Crippen molar-refractivity contribution in [3.05, 3.63) is 0 Å². The van der Waals surface area contributed by atoms with Gasteiger partial charge in [-0.25, -0.2) is 0 Å². The molecule has 0 heterocycles. The summed E-state index contributed by atoms with van der Waals surface area (Å²) in [4.78, 5) is 0. The van der Waals surface area contributed by atoms with Crippen molar-refractivity contribution < 1.29 is 22.4 Å². The SMILES string of the molecule is CCO[Si](C)(CCCOCC(CO[Si](CC)(CC)CC)O[Si](CC)(CC)CC)OCC. The fourth-order valence-electron chi connectivity index (χ4n) is 4.30. The lowest BCUT2D eigenvalue weighted by molar-refractivity contribution is 0.0170. The topological polar surface area (TPSA) is 46.2 Å². The minimum absolute atomic E-state index is 0.0467. The van der Waals surface area contributed by atoms with Crippen LogP contribution in [0.4, 0.5) is 0 Å². The fourth-order valence-corrected chi connectivity index (χ4v) is 12.2. The van der Waals surface area contributed by atoms with E-state index in [2.05, 4.69) is 48.1 Å². The molecule has 8 heteroatoms. The van der Waals surface area contributed by atoms with Crippen molar-refractivity contribution in [3.8, 4) is 0 Å². The van der Waals surface area contributed by atoms with E-state index in [4.69, 9.17) is 22.4 Å². The van der Waals surface area contributed by atoms with E-state index in [1.54, 1.807) is 0 Å². The van der Waals surface area contributed by atoms with Crippen molar-refractivity contribution in [2.24, 2.45) is 0 Å². The summed E-state index contributed by atoms with van der Waals surface area (Å²) in [7, 11) is -5.40. The number of hydrogen-bond donors (Lipinski definition) is 0. The maximum atomic E-state index is 6.81. The highest BCUT2D eigenvalue weighted by atomic mass is 28.4. The standard InChI is InChI=1S/C23H54O5Si3/c1-10-25-29(9,26-11-2)20-18-19-24-21-23(28-31(15-6,16-7)17-8)22-27-30(12-3,13-4)14-5/h23H,10-22H2,1-9H3. The minimum Gasteiger partial charge on any atom is -0.414 e. The highest BCUT2D eigenvalue weighted by Crippen LogP contribution is 2.26. The first-order chi connectivity index (χ1) is 14.8. The minimum atomic E-state index is -2.06. The van der Waals surface area contributed by atoms with Gasteiger partial charge in [-0.2, -0.15) is 0 Å². The molecule has 0 fully saturated rings. The van der Waals surface area contributed by atoms with Crippen LogP contribution in [-0.2, 0) is 22.4 Å². The molecule has 0 rings (SSSR count). The van der Waals surface area contributed by atoms with Gasteiger partial charge < -0.3 is 22.4 Å². The molecule has 0 saturated carbocycles. The van der Waals surface area contributed by atoms with Gasteiger partial charge in [0.15, 0.2) is 16.6 Å². The Labute approximate surface area is 197 Å². The molecular weight excluding hydrogens is 441 g/mol. The Morgan fingerprint density at radius 1 is 0.613 bits per heavy atom. The zero-order valence-corrected chi connectivity index (χ0v) is 25.3. The van der Waals surface area contributed by atoms with Gasteiger partial charge >= 0.3 is 8.56 Å². The molecule has 1 unspecified atom stereocenters. The van der Waals surface area contributed by atoms with Crippen LogP contribution >= 0.6 is 0 Å². The van der Waals surface area contributed by atoms with Gasteiger partial charge in [-0.05, 0) is 69.1 Å². The van der Waals surface area contributed by atoms with Crippen LogP contribution < -0.4 is 0 Å². The van der Waals surface area contributed by atoms with Crippen molar-refractivity contribution in [1.29, 1.82) is 0 Å². The van der Waals surface area contributed by atoms with E-state index >= 15 is 0 Å². The lowest BCUT2D eigenvalue weighted by Gasteiger charge is -2.36. The Balaban J connectivity index is 4.91. The van der Waals surface area contributed by atoms with Gasteiger partial charge in [-0.1, -0.05) is 41.5 Å². The third-order valence-electron chi connectivity index (χ3n) is 6.98. The van der Waals surface area contributed by atoms with Crippen LogP contribution in [0.1, 0.15) is 61.8 Å². The van der Waals surface area contributed by atoms with E-state index in [1.807, 2.05) is 13.8 Å². The number of rotatable bonds is 21. The molecule has 0 bridgehead atoms. The Morgan fingerprint density at radius 3 is 1.52 bits per heavy atom. The molecule has 0 aliphatic heterocycles. The molecule has 0 saturated heterocycles. The summed E-state index contributed by atoms with van der Waals surface area (Å²) in [5.41, 5.74) is 0. The van der Waals surface area contributed by atoms with Crippen LogP contribution in [0.25, 0.3) is 0 Å². The Bertz CT molecular complexity index is 409. The Hall–Kier alpha value is 0.451. The van der Waals surface area contributed by atoms with Gasteiger partial charge in [0, 0.05) is 19.8 Å². The van der Waals surface area contributed by atoms with E-state index in [0.29, 0.717) is 26.4 Å². The van der Waals surface area contributed by atoms with Crippen molar-refractivity contribution in [2.75, 3.05) is 33.0 Å². The molecule has 0 aromatic rings. The van der Waals surface area contributed by atoms with Crippen LogP contribution in [0.15, 0.2) is 0 Å². The van der Waals surface area contributed by atoms with Crippen LogP contribution in [0.3, 0.4) is 0 Å². The molecule has 0 aromatic heterocycles. The summed E-state index contributed by atoms with van der Waals surface area (Å²) >= 11 is 0. The molecule has 0 aliphatic carbocycles. The molecule has 5 nitrogen and oxygen atoms in total. The van der Waals surface area contributed by atoms with E-state index in [-0.39, 0.29) is 6.10 Å². The summed E-state index contributed by atoms with van der Waals surface area (Å²) < 4.78 is 31.5. The normalized spacial score (nSPS) is 14.2. The predicted molar refractivity (Wildman–Crippen MR) is 140 cm³/mol. The summed E-state index contributed by atoms with van der Waals surface area (Å²) in [6, 6.07) is 7.94. The first-order valence-electron chi connectivity index (χ1n) is 12.9. The largest absolute Gasteiger partial charge is 0.414 e. The van der Waals surface area contributed by atoms with Crippen LogP contribution in [0.2, 0.25) is 48.9 Å². The maximum absolute atomic E-state index is 6.81. The molecule has 0 aromatic carbocycles. The lowest BCUT2D eigenvalue weighted by Crippen LogP contribution is -2.46. The first kappa shape index (κ1) is 31.5. The van der Waals surface area contributed by atoms with Crippen molar-refractivity contribution in [1.82, 2.24) is 0 Å². The van der Waals surface area contributed by atoms with Gasteiger partial charge in [0.1, 0.15) is 0 Å². The molecule has 31 heavy (non-hydrogen) atoms. The van der Waals surface area contributed by atoms with E-state index < -0.39 is 25.2 Å². The van der Waals surface area contributed by atoms with E-state index in [9.17, 15) is 0 Å². The smallest absolute Gasteiger partial charge is 0.334 e. The second-order valence-corrected chi connectivity index (χ2v) is 21.6. The second kappa shape index (κ2) is 17.0. The highest BCUT2D eigenvalue weighted by molar-refractivity contribution is 6.74. The molecule has 0 N–H and O–H groups in total. The van der Waals surface area contributed by atoms with Crippen LogP contribution in [0.5, 0.6) is 0 Å². The summed E-state index contributed by atoms with van der Waals surface area (Å²) in [5.74, 6) is 0. The van der Waals surface area contributed by atoms with Gasteiger partial charge in [0.05, 0.1) is 19.3 Å². The van der Waals surface area contributed by atoms with Gasteiger partial charge in [0.2, 0.25) is 0 Å². The predicted octanol–water partition coefficient (Wildman–Crippen LogP) is 6.95. The molecule has 0 amide bonds. The van der Waals surface area contributed by atoms with Crippen molar-refractivity contribution >= 4 is 25.2 Å². The summed E-state index contributed by atoms with van der Waals surface area (Å²) in [6.45, 7) is 23.4. The number of ether oxygens (including phenoxy) is 1. The highest BCUT2D eigenvalue weighted by Gasteiger charge is 2.35. The fraction of sp³-hybridized carbons (Fsp3) is 1.00. The van der Waals surface area contributed by atoms with Crippen LogP contribution in [0, 0.1) is 0 Å². The average molecular weight is 495 g/mol. The van der Waals surface area contributed by atoms with Crippen molar-refractivity contribution in [2.45, 2.75) is 117 Å². The van der Waals surface area contributed by atoms with Gasteiger partial charge in [0.25, 0.3) is 0 Å². The zero-order chi connectivity index (χ0) is 23.8. The van der Waals surface area contributed by atoms with Crippen LogP contribution in [-0.4, -0.2) is 64.3 Å². The quantitative estimate of drug-likeness (QED) is 0.128. The molecule has 0 aliphatic rings. The third-order valence-corrected chi connectivity index (χ3v) is 19.4. The van der Waals surface area contributed by atoms with E-state index in [1.165, 1.54) is 18.1 Å². The summed E-state index contributed by atoms with van der Waals surface area (Å²) in [5, 5.41) is 0. The van der Waals surface area contributed by atoms with Gasteiger partial charge in [-0.15, -0.1) is 0 Å². The first-order valence-corrected chi connectivity index (χ1v) is 20.5. The monoisotopic (exact) mass is 494 g/mol. The maximum Gasteiger partial charge on any atom is 0.334 e. The Kier molecular flexibility index (Phi) is 17.2. The molecule has 0 radical (unpaired) electrons.